The first-order valence-electron chi connectivity index (χ1n) is 5.26. The van der Waals surface area contributed by atoms with Crippen LogP contribution < -0.4 is 11.1 Å². The van der Waals surface area contributed by atoms with E-state index in [9.17, 15) is 0 Å². The molecule has 76 valence electrons. The standard InChI is InChI=1S/C10H21N3/c1-3-8-6-4-5-7-9(8)13-10(11)12-2/h8-9H,3-7H2,1-2H3,(H3,11,12,13). The summed E-state index contributed by atoms with van der Waals surface area (Å²) in [5, 5.41) is 3.30. The highest BCUT2D eigenvalue weighted by atomic mass is 15.1. The molecule has 3 heteroatoms. The monoisotopic (exact) mass is 183 g/mol. The summed E-state index contributed by atoms with van der Waals surface area (Å²) in [5.41, 5.74) is 5.66. The lowest BCUT2D eigenvalue weighted by Crippen LogP contribution is -2.45. The fourth-order valence-corrected chi connectivity index (χ4v) is 2.14. The van der Waals surface area contributed by atoms with Crippen molar-refractivity contribution in [1.82, 2.24) is 5.32 Å². The zero-order valence-electron chi connectivity index (χ0n) is 8.71. The van der Waals surface area contributed by atoms with Gasteiger partial charge in [-0.2, -0.15) is 0 Å². The summed E-state index contributed by atoms with van der Waals surface area (Å²) < 4.78 is 0. The molecule has 2 atom stereocenters. The Morgan fingerprint density at radius 2 is 2.15 bits per heavy atom. The van der Waals surface area contributed by atoms with Gasteiger partial charge >= 0.3 is 0 Å². The van der Waals surface area contributed by atoms with Gasteiger partial charge in [0.2, 0.25) is 0 Å². The number of guanidine groups is 1. The zero-order chi connectivity index (χ0) is 9.68. The molecule has 0 bridgehead atoms. The maximum Gasteiger partial charge on any atom is 0.188 e. The molecular weight excluding hydrogens is 162 g/mol. The Morgan fingerprint density at radius 1 is 1.46 bits per heavy atom. The Kier molecular flexibility index (Phi) is 4.06. The van der Waals surface area contributed by atoms with E-state index in [1.165, 1.54) is 32.1 Å². The molecule has 0 heterocycles. The molecule has 1 saturated carbocycles. The van der Waals surface area contributed by atoms with Crippen LogP contribution in [-0.4, -0.2) is 19.0 Å². The SMILES string of the molecule is CCC1CCCCC1NC(N)=NC. The van der Waals surface area contributed by atoms with E-state index in [4.69, 9.17) is 5.73 Å². The van der Waals surface area contributed by atoms with E-state index < -0.39 is 0 Å². The van der Waals surface area contributed by atoms with Crippen molar-refractivity contribution in [1.29, 1.82) is 0 Å². The molecule has 0 aromatic carbocycles. The van der Waals surface area contributed by atoms with Gasteiger partial charge in [0.15, 0.2) is 5.96 Å². The molecular formula is C10H21N3. The highest BCUT2D eigenvalue weighted by Crippen LogP contribution is 2.26. The van der Waals surface area contributed by atoms with E-state index in [1.54, 1.807) is 7.05 Å². The third-order valence-electron chi connectivity index (χ3n) is 3.01. The van der Waals surface area contributed by atoms with Crippen LogP contribution in [0.25, 0.3) is 0 Å². The van der Waals surface area contributed by atoms with Gasteiger partial charge < -0.3 is 11.1 Å². The number of hydrogen-bond donors (Lipinski definition) is 2. The Bertz CT molecular complexity index is 177. The van der Waals surface area contributed by atoms with E-state index >= 15 is 0 Å². The fourth-order valence-electron chi connectivity index (χ4n) is 2.14. The van der Waals surface area contributed by atoms with Crippen molar-refractivity contribution in [3.05, 3.63) is 0 Å². The third-order valence-corrected chi connectivity index (χ3v) is 3.01. The van der Waals surface area contributed by atoms with Gasteiger partial charge in [0.1, 0.15) is 0 Å². The maximum atomic E-state index is 5.66. The first-order valence-corrected chi connectivity index (χ1v) is 5.26. The lowest BCUT2D eigenvalue weighted by molar-refractivity contribution is 0.280. The molecule has 1 fully saturated rings. The molecule has 2 unspecified atom stereocenters. The van der Waals surface area contributed by atoms with Crippen molar-refractivity contribution in [2.24, 2.45) is 16.6 Å². The van der Waals surface area contributed by atoms with Gasteiger partial charge in [0.05, 0.1) is 0 Å². The minimum Gasteiger partial charge on any atom is -0.370 e. The van der Waals surface area contributed by atoms with Crippen LogP contribution in [0, 0.1) is 5.92 Å². The van der Waals surface area contributed by atoms with Crippen LogP contribution in [0.1, 0.15) is 39.0 Å². The molecule has 0 radical (unpaired) electrons. The predicted molar refractivity (Wildman–Crippen MR) is 56.7 cm³/mol. The van der Waals surface area contributed by atoms with Crippen LogP contribution in [0.4, 0.5) is 0 Å². The molecule has 0 saturated heterocycles. The Hall–Kier alpha value is -0.730. The summed E-state index contributed by atoms with van der Waals surface area (Å²) in [7, 11) is 1.73. The van der Waals surface area contributed by atoms with Gasteiger partial charge in [-0.15, -0.1) is 0 Å². The number of rotatable bonds is 2. The molecule has 0 aromatic rings. The van der Waals surface area contributed by atoms with Crippen LogP contribution in [-0.2, 0) is 0 Å². The number of aliphatic imine (C=N–C) groups is 1. The van der Waals surface area contributed by atoms with Crippen molar-refractivity contribution >= 4 is 5.96 Å². The van der Waals surface area contributed by atoms with E-state index in [1.807, 2.05) is 0 Å². The summed E-state index contributed by atoms with van der Waals surface area (Å²) in [6.07, 6.45) is 6.53. The van der Waals surface area contributed by atoms with Crippen molar-refractivity contribution in [2.45, 2.75) is 45.1 Å². The predicted octanol–water partition coefficient (Wildman–Crippen LogP) is 1.49. The van der Waals surface area contributed by atoms with Crippen molar-refractivity contribution < 1.29 is 0 Å². The van der Waals surface area contributed by atoms with Crippen molar-refractivity contribution in [3.8, 4) is 0 Å². The van der Waals surface area contributed by atoms with Gasteiger partial charge in [-0.25, -0.2) is 0 Å². The zero-order valence-corrected chi connectivity index (χ0v) is 8.71. The molecule has 0 spiro atoms. The van der Waals surface area contributed by atoms with E-state index in [2.05, 4.69) is 17.2 Å². The molecule has 13 heavy (non-hydrogen) atoms. The van der Waals surface area contributed by atoms with E-state index in [0.717, 1.165) is 5.92 Å². The fraction of sp³-hybridized carbons (Fsp3) is 0.900. The minimum absolute atomic E-state index is 0.558. The summed E-state index contributed by atoms with van der Waals surface area (Å²) >= 11 is 0. The van der Waals surface area contributed by atoms with Gasteiger partial charge in [-0.05, 0) is 18.8 Å². The maximum absolute atomic E-state index is 5.66. The summed E-state index contributed by atoms with van der Waals surface area (Å²) in [6.45, 7) is 2.25. The first kappa shape index (κ1) is 10.4. The number of nitrogens with one attached hydrogen (secondary N) is 1. The topological polar surface area (TPSA) is 50.4 Å². The second kappa shape index (κ2) is 5.10. The van der Waals surface area contributed by atoms with E-state index in [-0.39, 0.29) is 0 Å². The van der Waals surface area contributed by atoms with Gasteiger partial charge in [-0.1, -0.05) is 26.2 Å². The molecule has 1 aliphatic carbocycles. The van der Waals surface area contributed by atoms with Crippen LogP contribution in [0.3, 0.4) is 0 Å². The van der Waals surface area contributed by atoms with Gasteiger partial charge in [0, 0.05) is 13.1 Å². The molecule has 3 nitrogen and oxygen atoms in total. The largest absolute Gasteiger partial charge is 0.370 e. The molecule has 1 rings (SSSR count). The van der Waals surface area contributed by atoms with Crippen LogP contribution in [0.2, 0.25) is 0 Å². The Balaban J connectivity index is 2.45. The lowest BCUT2D eigenvalue weighted by Gasteiger charge is -2.31. The van der Waals surface area contributed by atoms with Crippen LogP contribution in [0.5, 0.6) is 0 Å². The highest BCUT2D eigenvalue weighted by Gasteiger charge is 2.23. The van der Waals surface area contributed by atoms with Crippen LogP contribution >= 0.6 is 0 Å². The number of nitrogens with zero attached hydrogens (tertiary/aromatic N) is 1. The number of hydrogen-bond acceptors (Lipinski definition) is 1. The second-order valence-corrected chi connectivity index (χ2v) is 3.81. The normalized spacial score (nSPS) is 30.2. The molecule has 0 amide bonds. The minimum atomic E-state index is 0.558. The number of nitrogens with two attached hydrogens (primary N) is 1. The van der Waals surface area contributed by atoms with Crippen molar-refractivity contribution in [3.63, 3.8) is 0 Å². The molecule has 0 aromatic heterocycles. The summed E-state index contributed by atoms with van der Waals surface area (Å²) in [6, 6.07) is 0.558. The summed E-state index contributed by atoms with van der Waals surface area (Å²) in [5.74, 6) is 1.37. The molecule has 1 aliphatic rings. The van der Waals surface area contributed by atoms with Crippen molar-refractivity contribution in [2.75, 3.05) is 7.05 Å². The quantitative estimate of drug-likeness (QED) is 0.503. The van der Waals surface area contributed by atoms with Gasteiger partial charge in [0.25, 0.3) is 0 Å². The lowest BCUT2D eigenvalue weighted by atomic mass is 9.83. The second-order valence-electron chi connectivity index (χ2n) is 3.81. The molecule has 3 N–H and O–H groups in total. The Morgan fingerprint density at radius 3 is 2.77 bits per heavy atom. The van der Waals surface area contributed by atoms with Gasteiger partial charge in [-0.3, -0.25) is 4.99 Å². The Labute approximate surface area is 80.8 Å². The highest BCUT2D eigenvalue weighted by molar-refractivity contribution is 5.77. The average molecular weight is 183 g/mol. The summed E-state index contributed by atoms with van der Waals surface area (Å²) in [4.78, 5) is 3.93. The first-order chi connectivity index (χ1) is 6.27. The average Bonchev–Trinajstić information content (AvgIpc) is 2.18. The third kappa shape index (κ3) is 2.90. The smallest absolute Gasteiger partial charge is 0.188 e. The van der Waals surface area contributed by atoms with E-state index in [0.29, 0.717) is 12.0 Å². The molecule has 0 aliphatic heterocycles. The van der Waals surface area contributed by atoms with Crippen LogP contribution in [0.15, 0.2) is 4.99 Å².